The average Bonchev–Trinajstić information content (AvgIpc) is 2.73. The van der Waals surface area contributed by atoms with Gasteiger partial charge in [0.1, 0.15) is 14.5 Å². The van der Waals surface area contributed by atoms with Crippen molar-refractivity contribution in [2.24, 2.45) is 5.92 Å². The van der Waals surface area contributed by atoms with Crippen molar-refractivity contribution in [3.05, 3.63) is 0 Å². The van der Waals surface area contributed by atoms with Crippen molar-refractivity contribution < 1.29 is 33.3 Å². The molecule has 0 amide bonds. The number of hydrogen-bond acceptors (Lipinski definition) is 6. The molecule has 1 saturated heterocycles. The molecule has 5 unspecified atom stereocenters. The molecule has 0 bridgehead atoms. The van der Waals surface area contributed by atoms with Crippen LogP contribution in [0.1, 0.15) is 19.8 Å². The van der Waals surface area contributed by atoms with E-state index >= 15 is 0 Å². The summed E-state index contributed by atoms with van der Waals surface area (Å²) < 4.78 is 32.2. The minimum Gasteiger partial charge on any atom is -0.396 e. The van der Waals surface area contributed by atoms with E-state index in [2.05, 4.69) is 0 Å². The highest BCUT2D eigenvalue weighted by atomic mass is 31.1. The van der Waals surface area contributed by atoms with Gasteiger partial charge < -0.3 is 19.3 Å². The van der Waals surface area contributed by atoms with Gasteiger partial charge in [-0.05, 0) is 12.8 Å². The van der Waals surface area contributed by atoms with Crippen molar-refractivity contribution in [3.63, 3.8) is 0 Å². The Kier molecular flexibility index (Phi) is 9.59. The van der Waals surface area contributed by atoms with Crippen molar-refractivity contribution in [1.29, 1.82) is 0 Å². The third kappa shape index (κ3) is 6.69. The molecule has 1 aliphatic heterocycles. The second-order valence-electron chi connectivity index (χ2n) is 4.82. The fourth-order valence-corrected chi connectivity index (χ4v) is 2.50. The number of ether oxygens (including phenoxy) is 3. The molecule has 0 aromatic carbocycles. The Balaban J connectivity index is 2.57. The van der Waals surface area contributed by atoms with Crippen molar-refractivity contribution in [2.75, 3.05) is 33.0 Å². The Morgan fingerprint density at radius 2 is 2.10 bits per heavy atom. The van der Waals surface area contributed by atoms with Crippen molar-refractivity contribution in [2.45, 2.75) is 38.0 Å². The summed E-state index contributed by atoms with van der Waals surface area (Å²) in [6.07, 6.45) is 0.573. The van der Waals surface area contributed by atoms with Crippen LogP contribution in [0, 0.1) is 5.92 Å². The third-order valence-electron chi connectivity index (χ3n) is 3.18. The maximum Gasteiger partial charge on any atom is 0.694 e. The number of aliphatic hydroxyl groups excluding tert-OH is 1. The second kappa shape index (κ2) is 10.6. The highest BCUT2D eigenvalue weighted by molar-refractivity contribution is 7.32. The van der Waals surface area contributed by atoms with E-state index in [0.29, 0.717) is 26.2 Å². The Bertz CT molecular complexity index is 307. The van der Waals surface area contributed by atoms with Crippen molar-refractivity contribution >= 4 is 16.1 Å². The number of hydrogen-bond donors (Lipinski definition) is 2. The van der Waals surface area contributed by atoms with Crippen LogP contribution in [0.25, 0.3) is 0 Å². The van der Waals surface area contributed by atoms with E-state index in [1.165, 1.54) is 0 Å². The first-order valence-corrected chi connectivity index (χ1v) is 8.23. The van der Waals surface area contributed by atoms with Crippen LogP contribution < -0.4 is 0 Å². The normalized spacial score (nSPS) is 29.8. The van der Waals surface area contributed by atoms with E-state index in [1.54, 1.807) is 0 Å². The monoisotopic (exact) mass is 321 g/mol. The van der Waals surface area contributed by atoms with Gasteiger partial charge >= 0.3 is 8.25 Å². The lowest BCUT2D eigenvalue weighted by atomic mass is 9.88. The van der Waals surface area contributed by atoms with Gasteiger partial charge in [0.05, 0.1) is 18.8 Å². The number of aliphatic hydroxyl groups is 1. The highest BCUT2D eigenvalue weighted by Crippen LogP contribution is 2.31. The van der Waals surface area contributed by atoms with Gasteiger partial charge in [-0.1, -0.05) is 6.92 Å². The SMILES string of the molecule is [B]C1OC(COCCC)C(CO[P+](=O)O)C1OCCCO. The van der Waals surface area contributed by atoms with Gasteiger partial charge in [0.25, 0.3) is 0 Å². The molecule has 0 saturated carbocycles. The van der Waals surface area contributed by atoms with Crippen LogP contribution in [0.15, 0.2) is 0 Å². The van der Waals surface area contributed by atoms with E-state index in [1.807, 2.05) is 6.92 Å². The maximum absolute atomic E-state index is 10.7. The first-order valence-electron chi connectivity index (χ1n) is 7.10. The molecule has 9 heteroatoms. The molecule has 0 aromatic rings. The molecule has 21 heavy (non-hydrogen) atoms. The molecule has 0 aliphatic carbocycles. The fourth-order valence-electron chi connectivity index (χ4n) is 2.20. The van der Waals surface area contributed by atoms with Gasteiger partial charge in [0.15, 0.2) is 0 Å². The van der Waals surface area contributed by atoms with Gasteiger partial charge in [0, 0.05) is 36.3 Å². The van der Waals surface area contributed by atoms with Gasteiger partial charge in [-0.3, -0.25) is 0 Å². The maximum atomic E-state index is 10.7. The summed E-state index contributed by atoms with van der Waals surface area (Å²) in [5.74, 6) is -0.290. The van der Waals surface area contributed by atoms with Crippen molar-refractivity contribution in [3.8, 4) is 0 Å². The molecule has 1 heterocycles. The molecule has 0 aromatic heterocycles. The standard InChI is InChI=1S/C12H22BO7P/c1-2-5-17-8-10-9(7-19-21(15)16)11(12(13)20-10)18-6-3-4-14/h9-12,14H,2-8H2,1H3/p+1. The molecule has 5 atom stereocenters. The molecule has 1 aliphatic rings. The predicted molar refractivity (Wildman–Crippen MR) is 76.2 cm³/mol. The lowest BCUT2D eigenvalue weighted by Crippen LogP contribution is -2.35. The van der Waals surface area contributed by atoms with E-state index < -0.39 is 20.4 Å². The first kappa shape index (κ1) is 19.0. The largest absolute Gasteiger partial charge is 0.694 e. The summed E-state index contributed by atoms with van der Waals surface area (Å²) in [6, 6.07) is -0.649. The van der Waals surface area contributed by atoms with Crippen LogP contribution in [0.2, 0.25) is 0 Å². The summed E-state index contributed by atoms with van der Waals surface area (Å²) >= 11 is 0. The summed E-state index contributed by atoms with van der Waals surface area (Å²) in [4.78, 5) is 8.79. The van der Waals surface area contributed by atoms with E-state index in [4.69, 9.17) is 36.6 Å². The predicted octanol–water partition coefficient (Wildman–Crippen LogP) is 0.356. The molecule has 1 fully saturated rings. The minimum atomic E-state index is -2.68. The lowest BCUT2D eigenvalue weighted by Gasteiger charge is -2.21. The second-order valence-corrected chi connectivity index (χ2v) is 5.56. The molecule has 0 spiro atoms. The molecule has 1 rings (SSSR count). The smallest absolute Gasteiger partial charge is 0.396 e. The Labute approximate surface area is 127 Å². The Hall–Kier alpha value is -0.0751. The molecular formula is C12H23BO7P+. The number of rotatable bonds is 11. The molecule has 120 valence electrons. The zero-order valence-corrected chi connectivity index (χ0v) is 13.1. The Morgan fingerprint density at radius 3 is 2.71 bits per heavy atom. The Morgan fingerprint density at radius 1 is 1.33 bits per heavy atom. The van der Waals surface area contributed by atoms with Crippen LogP contribution in [0.3, 0.4) is 0 Å². The zero-order chi connectivity index (χ0) is 15.7. The van der Waals surface area contributed by atoms with E-state index in [-0.39, 0.29) is 25.2 Å². The quantitative estimate of drug-likeness (QED) is 0.322. The van der Waals surface area contributed by atoms with Crippen LogP contribution in [0.4, 0.5) is 0 Å². The minimum absolute atomic E-state index is 0.00332. The average molecular weight is 321 g/mol. The topological polar surface area (TPSA) is 94.5 Å². The fraction of sp³-hybridized carbons (Fsp3) is 1.00. The molecule has 2 N–H and O–H groups in total. The van der Waals surface area contributed by atoms with E-state index in [9.17, 15) is 4.57 Å². The van der Waals surface area contributed by atoms with Gasteiger partial charge in [-0.2, -0.15) is 0 Å². The zero-order valence-electron chi connectivity index (χ0n) is 12.2. The summed E-state index contributed by atoms with van der Waals surface area (Å²) in [7, 11) is 3.21. The highest BCUT2D eigenvalue weighted by Gasteiger charge is 2.44. The molecular weight excluding hydrogens is 298 g/mol. The summed E-state index contributed by atoms with van der Waals surface area (Å²) in [5, 5.41) is 8.78. The van der Waals surface area contributed by atoms with Crippen molar-refractivity contribution in [1.82, 2.24) is 0 Å². The summed E-state index contributed by atoms with van der Waals surface area (Å²) in [5.41, 5.74) is 0. The van der Waals surface area contributed by atoms with Gasteiger partial charge in [-0.15, -0.1) is 9.42 Å². The van der Waals surface area contributed by atoms with Gasteiger partial charge in [0.2, 0.25) is 0 Å². The van der Waals surface area contributed by atoms with Crippen LogP contribution in [0.5, 0.6) is 0 Å². The first-order chi connectivity index (χ1) is 10.1. The molecule has 7 nitrogen and oxygen atoms in total. The van der Waals surface area contributed by atoms with Gasteiger partial charge in [-0.25, -0.2) is 0 Å². The summed E-state index contributed by atoms with van der Waals surface area (Å²) in [6.45, 7) is 3.30. The third-order valence-corrected chi connectivity index (χ3v) is 3.55. The van der Waals surface area contributed by atoms with Crippen LogP contribution >= 0.6 is 8.25 Å². The van der Waals surface area contributed by atoms with Crippen LogP contribution in [-0.4, -0.2) is 69.1 Å². The molecule has 2 radical (unpaired) electrons. The lowest BCUT2D eigenvalue weighted by molar-refractivity contribution is -0.0132. The van der Waals surface area contributed by atoms with E-state index in [0.717, 1.165) is 6.42 Å². The van der Waals surface area contributed by atoms with Crippen LogP contribution in [-0.2, 0) is 23.3 Å².